The summed E-state index contributed by atoms with van der Waals surface area (Å²) in [6.45, 7) is 4.19. The summed E-state index contributed by atoms with van der Waals surface area (Å²) in [5.74, 6) is 0.0509. The van der Waals surface area contributed by atoms with E-state index >= 15 is 0 Å². The summed E-state index contributed by atoms with van der Waals surface area (Å²) < 4.78 is 1.44. The number of nitro groups is 1. The molecule has 8 nitrogen and oxygen atoms in total. The van der Waals surface area contributed by atoms with E-state index in [0.717, 1.165) is 35.1 Å². The predicted octanol–water partition coefficient (Wildman–Crippen LogP) is 3.91. The molecule has 0 atom stereocenters. The highest BCUT2D eigenvalue weighted by Gasteiger charge is 2.22. The summed E-state index contributed by atoms with van der Waals surface area (Å²) in [5.41, 5.74) is 0.991. The van der Waals surface area contributed by atoms with E-state index < -0.39 is 4.92 Å². The number of hydrogen-bond acceptors (Lipinski definition) is 6. The van der Waals surface area contributed by atoms with Gasteiger partial charge < -0.3 is 4.90 Å². The molecule has 4 rings (SSSR count). The van der Waals surface area contributed by atoms with Gasteiger partial charge in [-0.2, -0.15) is 5.10 Å². The minimum Gasteiger partial charge on any atom is -0.340 e. The van der Waals surface area contributed by atoms with Crippen molar-refractivity contribution in [3.8, 4) is 10.4 Å². The zero-order valence-electron chi connectivity index (χ0n) is 16.8. The van der Waals surface area contributed by atoms with Crippen molar-refractivity contribution in [2.45, 2.75) is 19.5 Å². The maximum Gasteiger partial charge on any atom is 0.306 e. The summed E-state index contributed by atoms with van der Waals surface area (Å²) in [7, 11) is 0. The van der Waals surface area contributed by atoms with Crippen molar-refractivity contribution < 1.29 is 9.72 Å². The Morgan fingerprint density at radius 2 is 1.94 bits per heavy atom. The van der Waals surface area contributed by atoms with Gasteiger partial charge in [0, 0.05) is 66.0 Å². The van der Waals surface area contributed by atoms with E-state index in [0.29, 0.717) is 19.6 Å². The van der Waals surface area contributed by atoms with E-state index in [4.69, 9.17) is 11.6 Å². The number of carbonyl (C=O) groups is 1. The van der Waals surface area contributed by atoms with E-state index in [2.05, 4.69) is 22.1 Å². The Labute approximate surface area is 188 Å². The number of halogens is 1. The molecule has 0 radical (unpaired) electrons. The Bertz CT molecular complexity index is 1070. The van der Waals surface area contributed by atoms with Gasteiger partial charge in [-0.3, -0.25) is 24.5 Å². The third-order valence-corrected chi connectivity index (χ3v) is 6.72. The molecule has 31 heavy (non-hydrogen) atoms. The SMILES string of the molecule is O=C(CCn1cc([N+](=O)[O-])cn1)N1CCN(Cc2ccc(-c3ccccc3Cl)s2)CC1. The Balaban J connectivity index is 1.24. The topological polar surface area (TPSA) is 84.5 Å². The largest absolute Gasteiger partial charge is 0.340 e. The van der Waals surface area contributed by atoms with Gasteiger partial charge in [-0.1, -0.05) is 29.8 Å². The Morgan fingerprint density at radius 3 is 2.65 bits per heavy atom. The molecule has 162 valence electrons. The van der Waals surface area contributed by atoms with E-state index in [-0.39, 0.29) is 18.0 Å². The summed E-state index contributed by atoms with van der Waals surface area (Å²) in [4.78, 5) is 29.4. The minimum atomic E-state index is -0.491. The van der Waals surface area contributed by atoms with Crippen LogP contribution in [0.4, 0.5) is 5.69 Å². The maximum absolute atomic E-state index is 12.5. The van der Waals surface area contributed by atoms with Crippen LogP contribution in [-0.2, 0) is 17.9 Å². The molecule has 1 aromatic carbocycles. The molecular weight excluding hydrogens is 438 g/mol. The molecule has 1 aliphatic heterocycles. The quantitative estimate of drug-likeness (QED) is 0.395. The van der Waals surface area contributed by atoms with Crippen LogP contribution in [0, 0.1) is 10.1 Å². The monoisotopic (exact) mass is 459 g/mol. The van der Waals surface area contributed by atoms with Crippen LogP contribution in [-0.4, -0.2) is 56.6 Å². The molecule has 0 N–H and O–H groups in total. The van der Waals surface area contributed by atoms with Crippen molar-refractivity contribution in [1.29, 1.82) is 0 Å². The molecule has 3 heterocycles. The standard InChI is InChI=1S/C21H22ClN5O3S/c22-19-4-2-1-3-18(19)20-6-5-17(31-20)15-24-9-11-25(12-10-24)21(28)7-8-26-14-16(13-23-26)27(29)30/h1-6,13-14H,7-12,15H2. The van der Waals surface area contributed by atoms with E-state index in [9.17, 15) is 14.9 Å². The fourth-order valence-electron chi connectivity index (χ4n) is 3.58. The second kappa shape index (κ2) is 9.59. The van der Waals surface area contributed by atoms with Crippen molar-refractivity contribution in [3.05, 3.63) is 68.8 Å². The summed E-state index contributed by atoms with van der Waals surface area (Å²) in [6.07, 6.45) is 2.83. The molecule has 2 aromatic heterocycles. The molecule has 1 amide bonds. The Kier molecular flexibility index (Phi) is 6.64. The lowest BCUT2D eigenvalue weighted by Crippen LogP contribution is -2.48. The molecule has 0 spiro atoms. The molecule has 1 fully saturated rings. The van der Waals surface area contributed by atoms with Gasteiger partial charge in [0.25, 0.3) is 0 Å². The summed E-state index contributed by atoms with van der Waals surface area (Å²) in [5, 5.41) is 15.4. The first kappa shape index (κ1) is 21.5. The van der Waals surface area contributed by atoms with Crippen LogP contribution in [0.1, 0.15) is 11.3 Å². The smallest absolute Gasteiger partial charge is 0.306 e. The van der Waals surface area contributed by atoms with Gasteiger partial charge >= 0.3 is 5.69 Å². The van der Waals surface area contributed by atoms with Crippen molar-refractivity contribution in [1.82, 2.24) is 19.6 Å². The fourth-order valence-corrected chi connectivity index (χ4v) is 4.97. The van der Waals surface area contributed by atoms with Gasteiger partial charge in [0.1, 0.15) is 12.4 Å². The van der Waals surface area contributed by atoms with Crippen LogP contribution in [0.5, 0.6) is 0 Å². The predicted molar refractivity (Wildman–Crippen MR) is 120 cm³/mol. The molecule has 0 bridgehead atoms. The zero-order valence-corrected chi connectivity index (χ0v) is 18.4. The first-order chi connectivity index (χ1) is 15.0. The van der Waals surface area contributed by atoms with Gasteiger partial charge in [-0.15, -0.1) is 11.3 Å². The highest BCUT2D eigenvalue weighted by atomic mass is 35.5. The number of benzene rings is 1. The average Bonchev–Trinajstić information content (AvgIpc) is 3.43. The third-order valence-electron chi connectivity index (χ3n) is 5.29. The van der Waals surface area contributed by atoms with Crippen molar-refractivity contribution >= 4 is 34.5 Å². The second-order valence-electron chi connectivity index (χ2n) is 7.37. The molecule has 3 aromatic rings. The lowest BCUT2D eigenvalue weighted by Gasteiger charge is -2.34. The fraction of sp³-hybridized carbons (Fsp3) is 0.333. The number of amides is 1. The number of carbonyl (C=O) groups excluding carboxylic acids is 1. The normalized spacial score (nSPS) is 14.7. The van der Waals surface area contributed by atoms with E-state index in [1.54, 1.807) is 11.3 Å². The highest BCUT2D eigenvalue weighted by molar-refractivity contribution is 7.15. The van der Waals surface area contributed by atoms with Gasteiger partial charge in [0.15, 0.2) is 0 Å². The van der Waals surface area contributed by atoms with E-state index in [1.807, 2.05) is 29.2 Å². The Hall–Kier alpha value is -2.75. The molecule has 0 unspecified atom stereocenters. The van der Waals surface area contributed by atoms with Crippen molar-refractivity contribution in [2.24, 2.45) is 0 Å². The second-order valence-corrected chi connectivity index (χ2v) is 8.95. The Morgan fingerprint density at radius 1 is 1.16 bits per heavy atom. The third kappa shape index (κ3) is 5.30. The number of thiophene rings is 1. The van der Waals surface area contributed by atoms with Gasteiger partial charge in [0.2, 0.25) is 5.91 Å². The van der Waals surface area contributed by atoms with Crippen molar-refractivity contribution in [3.63, 3.8) is 0 Å². The number of hydrogen-bond donors (Lipinski definition) is 0. The summed E-state index contributed by atoms with van der Waals surface area (Å²) in [6, 6.07) is 12.1. The molecule has 0 saturated carbocycles. The van der Waals surface area contributed by atoms with Crippen LogP contribution in [0.25, 0.3) is 10.4 Å². The number of aromatic nitrogens is 2. The number of nitrogens with zero attached hydrogens (tertiary/aromatic N) is 5. The minimum absolute atomic E-state index is 0.0509. The lowest BCUT2D eigenvalue weighted by atomic mass is 10.2. The maximum atomic E-state index is 12.5. The highest BCUT2D eigenvalue weighted by Crippen LogP contribution is 2.33. The molecule has 1 saturated heterocycles. The molecule has 0 aliphatic carbocycles. The number of piperazine rings is 1. The molecular formula is C21H22ClN5O3S. The molecule has 10 heteroatoms. The zero-order chi connectivity index (χ0) is 21.8. The van der Waals surface area contributed by atoms with Gasteiger partial charge in [-0.25, -0.2) is 0 Å². The number of rotatable bonds is 7. The van der Waals surface area contributed by atoms with E-state index in [1.165, 1.54) is 22.0 Å². The average molecular weight is 460 g/mol. The van der Waals surface area contributed by atoms with Crippen LogP contribution in [0.15, 0.2) is 48.8 Å². The number of aryl methyl sites for hydroxylation is 1. The summed E-state index contributed by atoms with van der Waals surface area (Å²) >= 11 is 8.06. The van der Waals surface area contributed by atoms with Crippen LogP contribution in [0.2, 0.25) is 5.02 Å². The first-order valence-corrected chi connectivity index (χ1v) is 11.2. The van der Waals surface area contributed by atoms with Crippen LogP contribution < -0.4 is 0 Å². The van der Waals surface area contributed by atoms with Gasteiger partial charge in [0.05, 0.1) is 4.92 Å². The van der Waals surface area contributed by atoms with Crippen LogP contribution in [0.3, 0.4) is 0 Å². The van der Waals surface area contributed by atoms with Crippen molar-refractivity contribution in [2.75, 3.05) is 26.2 Å². The lowest BCUT2D eigenvalue weighted by molar-refractivity contribution is -0.385. The van der Waals surface area contributed by atoms with Crippen LogP contribution >= 0.6 is 22.9 Å². The molecule has 1 aliphatic rings. The first-order valence-electron chi connectivity index (χ1n) is 10.00. The van der Waals surface area contributed by atoms with Gasteiger partial charge in [-0.05, 0) is 18.2 Å².